The van der Waals surface area contributed by atoms with Crippen LogP contribution in [0.4, 0.5) is 0 Å². The summed E-state index contributed by atoms with van der Waals surface area (Å²) in [7, 11) is -3.55. The Morgan fingerprint density at radius 2 is 1.87 bits per heavy atom. The van der Waals surface area contributed by atoms with Gasteiger partial charge in [-0.1, -0.05) is 24.9 Å². The average molecular weight is 356 g/mol. The molecule has 0 aliphatic heterocycles. The van der Waals surface area contributed by atoms with E-state index >= 15 is 0 Å². The van der Waals surface area contributed by atoms with Crippen LogP contribution in [0.15, 0.2) is 45.7 Å². The fraction of sp³-hybridized carbons (Fsp3) is 0.312. The smallest absolute Gasteiger partial charge is 0.286 e. The second-order valence-corrected chi connectivity index (χ2v) is 7.51. The molecule has 1 aromatic heterocycles. The van der Waals surface area contributed by atoms with E-state index < -0.39 is 9.84 Å². The van der Waals surface area contributed by atoms with Gasteiger partial charge in [0.05, 0.1) is 4.90 Å². The molecule has 23 heavy (non-hydrogen) atoms. The minimum absolute atomic E-state index is 0.113. The summed E-state index contributed by atoms with van der Waals surface area (Å²) in [6.07, 6.45) is 1.85. The van der Waals surface area contributed by atoms with Gasteiger partial charge in [-0.05, 0) is 42.8 Å². The van der Waals surface area contributed by atoms with Gasteiger partial charge in [0.15, 0.2) is 15.6 Å². The quantitative estimate of drug-likeness (QED) is 0.772. The maximum absolute atomic E-state index is 12.3. The highest BCUT2D eigenvalue weighted by molar-refractivity contribution is 7.90. The Bertz CT molecular complexity index is 766. The van der Waals surface area contributed by atoms with Gasteiger partial charge < -0.3 is 9.73 Å². The Balaban J connectivity index is 2.06. The van der Waals surface area contributed by atoms with Gasteiger partial charge in [0.2, 0.25) is 0 Å². The molecule has 2 rings (SSSR count). The third kappa shape index (κ3) is 4.84. The fourth-order valence-electron chi connectivity index (χ4n) is 1.96. The highest BCUT2D eigenvalue weighted by atomic mass is 35.5. The van der Waals surface area contributed by atoms with E-state index in [-0.39, 0.29) is 28.1 Å². The van der Waals surface area contributed by atoms with Gasteiger partial charge in [-0.15, -0.1) is 0 Å². The van der Waals surface area contributed by atoms with Gasteiger partial charge in [-0.25, -0.2) is 8.42 Å². The first kappa shape index (κ1) is 17.6. The predicted molar refractivity (Wildman–Crippen MR) is 88.3 cm³/mol. The molecule has 1 heterocycles. The molecule has 124 valence electrons. The van der Waals surface area contributed by atoms with Crippen LogP contribution >= 0.6 is 11.6 Å². The van der Waals surface area contributed by atoms with Crippen LogP contribution in [0.25, 0.3) is 0 Å². The number of hydrogen-bond donors (Lipinski definition) is 1. The number of unbranched alkanes of at least 4 members (excludes halogenated alkanes) is 1. The molecular weight excluding hydrogens is 338 g/mol. The highest BCUT2D eigenvalue weighted by Crippen LogP contribution is 2.20. The van der Waals surface area contributed by atoms with Crippen molar-refractivity contribution in [2.24, 2.45) is 0 Å². The van der Waals surface area contributed by atoms with Crippen LogP contribution in [-0.2, 0) is 15.6 Å². The largest absolute Gasteiger partial charge is 0.455 e. The molecule has 1 amide bonds. The summed E-state index contributed by atoms with van der Waals surface area (Å²) >= 11 is 5.75. The number of hydrogen-bond acceptors (Lipinski definition) is 4. The molecule has 0 saturated heterocycles. The number of sulfone groups is 1. The number of rotatable bonds is 7. The Morgan fingerprint density at radius 3 is 2.52 bits per heavy atom. The van der Waals surface area contributed by atoms with Crippen LogP contribution in [0.1, 0.15) is 36.1 Å². The van der Waals surface area contributed by atoms with E-state index in [0.29, 0.717) is 11.6 Å². The van der Waals surface area contributed by atoms with E-state index in [1.807, 2.05) is 6.92 Å². The van der Waals surface area contributed by atoms with Crippen molar-refractivity contribution in [1.82, 2.24) is 5.32 Å². The van der Waals surface area contributed by atoms with E-state index in [0.717, 1.165) is 12.8 Å². The van der Waals surface area contributed by atoms with E-state index in [9.17, 15) is 13.2 Å². The van der Waals surface area contributed by atoms with Gasteiger partial charge in [0.1, 0.15) is 11.5 Å². The summed E-state index contributed by atoms with van der Waals surface area (Å²) < 4.78 is 29.9. The lowest BCUT2D eigenvalue weighted by Crippen LogP contribution is -2.23. The van der Waals surface area contributed by atoms with Crippen LogP contribution in [-0.4, -0.2) is 20.9 Å². The molecule has 0 atom stereocenters. The molecule has 0 bridgehead atoms. The summed E-state index contributed by atoms with van der Waals surface area (Å²) in [6.45, 7) is 2.59. The first-order chi connectivity index (χ1) is 10.9. The van der Waals surface area contributed by atoms with Crippen LogP contribution in [0.3, 0.4) is 0 Å². The SMILES string of the molecule is CCCCNC(=O)c1ccc(CS(=O)(=O)c2ccc(Cl)cc2)o1. The number of furan rings is 1. The summed E-state index contributed by atoms with van der Waals surface area (Å²) in [5, 5.41) is 3.18. The van der Waals surface area contributed by atoms with Crippen molar-refractivity contribution in [3.63, 3.8) is 0 Å². The summed E-state index contributed by atoms with van der Waals surface area (Å²) in [4.78, 5) is 12.0. The van der Waals surface area contributed by atoms with Gasteiger partial charge in [0.25, 0.3) is 5.91 Å². The zero-order valence-electron chi connectivity index (χ0n) is 12.7. The molecule has 0 saturated carbocycles. The lowest BCUT2D eigenvalue weighted by atomic mass is 10.3. The van der Waals surface area contributed by atoms with Crippen LogP contribution in [0, 0.1) is 0 Å². The molecule has 2 aromatic rings. The molecule has 7 heteroatoms. The van der Waals surface area contributed by atoms with Crippen molar-refractivity contribution in [3.05, 3.63) is 52.9 Å². The standard InChI is InChI=1S/C16H18ClNO4S/c1-2-3-10-18-16(19)15-9-6-13(22-15)11-23(20,21)14-7-4-12(17)5-8-14/h4-9H,2-3,10-11H2,1H3,(H,18,19). The number of benzene rings is 1. The number of nitrogens with one attached hydrogen (secondary N) is 1. The van der Waals surface area contributed by atoms with Crippen LogP contribution in [0.5, 0.6) is 0 Å². The van der Waals surface area contributed by atoms with E-state index in [1.165, 1.54) is 36.4 Å². The zero-order valence-corrected chi connectivity index (χ0v) is 14.3. The van der Waals surface area contributed by atoms with Crippen LogP contribution < -0.4 is 5.32 Å². The van der Waals surface area contributed by atoms with Crippen LogP contribution in [0.2, 0.25) is 5.02 Å². The first-order valence-electron chi connectivity index (χ1n) is 7.27. The third-order valence-corrected chi connectivity index (χ3v) is 5.11. The Morgan fingerprint density at radius 1 is 1.17 bits per heavy atom. The molecular formula is C16H18ClNO4S. The Hall–Kier alpha value is -1.79. The number of carbonyl (C=O) groups is 1. The van der Waals surface area contributed by atoms with Crippen molar-refractivity contribution >= 4 is 27.3 Å². The monoisotopic (exact) mass is 355 g/mol. The highest BCUT2D eigenvalue weighted by Gasteiger charge is 2.19. The summed E-state index contributed by atoms with van der Waals surface area (Å²) in [5.41, 5.74) is 0. The molecule has 1 aromatic carbocycles. The maximum Gasteiger partial charge on any atom is 0.286 e. The van der Waals surface area contributed by atoms with Crippen molar-refractivity contribution in [1.29, 1.82) is 0 Å². The topological polar surface area (TPSA) is 76.4 Å². The molecule has 1 N–H and O–H groups in total. The van der Waals surface area contributed by atoms with Crippen molar-refractivity contribution in [2.75, 3.05) is 6.54 Å². The van der Waals surface area contributed by atoms with E-state index in [1.54, 1.807) is 0 Å². The molecule has 0 spiro atoms. The molecule has 0 fully saturated rings. The normalized spacial score (nSPS) is 11.4. The second-order valence-electron chi connectivity index (χ2n) is 5.09. The molecule has 0 radical (unpaired) electrons. The minimum atomic E-state index is -3.55. The zero-order chi connectivity index (χ0) is 16.9. The lowest BCUT2D eigenvalue weighted by Gasteiger charge is -2.03. The lowest BCUT2D eigenvalue weighted by molar-refractivity contribution is 0.0924. The van der Waals surface area contributed by atoms with Gasteiger partial charge in [0, 0.05) is 11.6 Å². The maximum atomic E-state index is 12.3. The van der Waals surface area contributed by atoms with Crippen molar-refractivity contribution in [3.8, 4) is 0 Å². The average Bonchev–Trinajstić information content (AvgIpc) is 2.95. The minimum Gasteiger partial charge on any atom is -0.455 e. The number of amides is 1. The van der Waals surface area contributed by atoms with Gasteiger partial charge in [-0.2, -0.15) is 0 Å². The van der Waals surface area contributed by atoms with E-state index in [4.69, 9.17) is 16.0 Å². The first-order valence-corrected chi connectivity index (χ1v) is 9.30. The molecule has 5 nitrogen and oxygen atoms in total. The molecule has 0 aliphatic carbocycles. The summed E-state index contributed by atoms with van der Waals surface area (Å²) in [6, 6.07) is 8.90. The van der Waals surface area contributed by atoms with E-state index in [2.05, 4.69) is 5.32 Å². The molecule has 0 unspecified atom stereocenters. The Kier molecular flexibility index (Phi) is 5.85. The van der Waals surface area contributed by atoms with Gasteiger partial charge >= 0.3 is 0 Å². The fourth-order valence-corrected chi connectivity index (χ4v) is 3.33. The van der Waals surface area contributed by atoms with Crippen molar-refractivity contribution in [2.45, 2.75) is 30.4 Å². The predicted octanol–water partition coefficient (Wildman–Crippen LogP) is 3.44. The second kappa shape index (κ2) is 7.66. The van der Waals surface area contributed by atoms with Gasteiger partial charge in [-0.3, -0.25) is 4.79 Å². The third-order valence-electron chi connectivity index (χ3n) is 3.21. The number of halogens is 1. The Labute approximate surface area is 140 Å². The molecule has 0 aliphatic rings. The van der Waals surface area contributed by atoms with Crippen molar-refractivity contribution < 1.29 is 17.6 Å². The summed E-state index contributed by atoms with van der Waals surface area (Å²) in [5.74, 6) is -0.312. The number of carbonyl (C=O) groups excluding carboxylic acids is 1.